The summed E-state index contributed by atoms with van der Waals surface area (Å²) < 4.78 is 1.78. The summed E-state index contributed by atoms with van der Waals surface area (Å²) in [7, 11) is 1.90. The van der Waals surface area contributed by atoms with Gasteiger partial charge in [-0.1, -0.05) is 6.92 Å². The van der Waals surface area contributed by atoms with E-state index < -0.39 is 0 Å². The molecule has 1 aromatic heterocycles. The second kappa shape index (κ2) is 5.31. The van der Waals surface area contributed by atoms with Gasteiger partial charge in [-0.2, -0.15) is 5.10 Å². The maximum Gasteiger partial charge on any atom is 0.223 e. The fourth-order valence-electron chi connectivity index (χ4n) is 1.97. The highest BCUT2D eigenvalue weighted by Gasteiger charge is 2.28. The molecule has 5 heteroatoms. The molecular weight excluding hydrogens is 216 g/mol. The third kappa shape index (κ3) is 3.06. The number of aromatic nitrogens is 2. The second-order valence-electron chi connectivity index (χ2n) is 4.77. The molecule has 0 aliphatic carbocycles. The molecule has 1 saturated heterocycles. The lowest BCUT2D eigenvalue weighted by atomic mass is 9.88. The summed E-state index contributed by atoms with van der Waals surface area (Å²) in [6, 6.07) is 0. The van der Waals surface area contributed by atoms with Gasteiger partial charge in [0.2, 0.25) is 5.91 Å². The van der Waals surface area contributed by atoms with Gasteiger partial charge in [0.25, 0.3) is 0 Å². The quantitative estimate of drug-likeness (QED) is 0.752. The largest absolute Gasteiger partial charge is 0.356 e. The molecule has 0 radical (unpaired) electrons. The topological polar surface area (TPSA) is 59.0 Å². The predicted molar refractivity (Wildman–Crippen MR) is 65.4 cm³/mol. The first-order valence-electron chi connectivity index (χ1n) is 6.13. The lowest BCUT2D eigenvalue weighted by molar-refractivity contribution is -0.126. The number of nitrogens with zero attached hydrogens (tertiary/aromatic N) is 2. The van der Waals surface area contributed by atoms with Crippen molar-refractivity contribution in [3.05, 3.63) is 18.0 Å². The van der Waals surface area contributed by atoms with Crippen molar-refractivity contribution in [3.63, 3.8) is 0 Å². The van der Waals surface area contributed by atoms with Gasteiger partial charge in [-0.25, -0.2) is 0 Å². The zero-order chi connectivity index (χ0) is 12.3. The molecule has 17 heavy (non-hydrogen) atoms. The summed E-state index contributed by atoms with van der Waals surface area (Å²) in [4.78, 5) is 11.8. The van der Waals surface area contributed by atoms with Crippen molar-refractivity contribution >= 4 is 5.91 Å². The van der Waals surface area contributed by atoms with Crippen LogP contribution in [-0.4, -0.2) is 35.3 Å². The van der Waals surface area contributed by atoms with Crippen LogP contribution in [0.4, 0.5) is 0 Å². The van der Waals surface area contributed by atoms with E-state index in [0.29, 0.717) is 12.5 Å². The molecule has 2 N–H and O–H groups in total. The molecule has 1 amide bonds. The maximum atomic E-state index is 11.8. The second-order valence-corrected chi connectivity index (χ2v) is 4.77. The van der Waals surface area contributed by atoms with Gasteiger partial charge in [0.1, 0.15) is 0 Å². The smallest absolute Gasteiger partial charge is 0.223 e. The Morgan fingerprint density at radius 1 is 1.71 bits per heavy atom. The van der Waals surface area contributed by atoms with Gasteiger partial charge in [0.15, 0.2) is 0 Å². The maximum absolute atomic E-state index is 11.8. The molecule has 1 aliphatic rings. The van der Waals surface area contributed by atoms with Gasteiger partial charge in [-0.15, -0.1) is 0 Å². The Bertz CT molecular complexity index is 384. The molecule has 0 saturated carbocycles. The van der Waals surface area contributed by atoms with Crippen molar-refractivity contribution in [3.8, 4) is 0 Å². The van der Waals surface area contributed by atoms with Crippen molar-refractivity contribution in [2.75, 3.05) is 19.6 Å². The summed E-state index contributed by atoms with van der Waals surface area (Å²) in [5.41, 5.74) is 1.16. The Labute approximate surface area is 102 Å². The zero-order valence-corrected chi connectivity index (χ0v) is 10.4. The SMILES string of the molecule is CC(C(=O)NCCc1cnn(C)c1)C1CNC1. The fourth-order valence-corrected chi connectivity index (χ4v) is 1.97. The van der Waals surface area contributed by atoms with E-state index >= 15 is 0 Å². The molecular formula is C12H20N4O. The highest BCUT2D eigenvalue weighted by atomic mass is 16.1. The predicted octanol–water partition coefficient (Wildman–Crippen LogP) is -0.0657. The number of nitrogens with one attached hydrogen (secondary N) is 2. The highest BCUT2D eigenvalue weighted by Crippen LogP contribution is 2.15. The Morgan fingerprint density at radius 3 is 3.00 bits per heavy atom. The standard InChI is InChI=1S/C12H20N4O/c1-9(11-6-13-7-11)12(17)14-4-3-10-5-15-16(2)8-10/h5,8-9,11,13H,3-4,6-7H2,1-2H3,(H,14,17). The molecule has 5 nitrogen and oxygen atoms in total. The average Bonchev–Trinajstić information content (AvgIpc) is 2.61. The van der Waals surface area contributed by atoms with Crippen LogP contribution in [0.25, 0.3) is 0 Å². The van der Waals surface area contributed by atoms with E-state index in [0.717, 1.165) is 25.1 Å². The number of carbonyl (C=O) groups excluding carboxylic acids is 1. The van der Waals surface area contributed by atoms with Crippen molar-refractivity contribution in [1.82, 2.24) is 20.4 Å². The minimum atomic E-state index is 0.116. The molecule has 2 heterocycles. The minimum absolute atomic E-state index is 0.116. The molecule has 1 fully saturated rings. The fraction of sp³-hybridized carbons (Fsp3) is 0.667. The van der Waals surface area contributed by atoms with Crippen molar-refractivity contribution in [2.45, 2.75) is 13.3 Å². The van der Waals surface area contributed by atoms with Crippen LogP contribution in [0, 0.1) is 11.8 Å². The first kappa shape index (κ1) is 12.1. The van der Waals surface area contributed by atoms with E-state index in [1.807, 2.05) is 26.4 Å². The van der Waals surface area contributed by atoms with Gasteiger partial charge >= 0.3 is 0 Å². The van der Waals surface area contributed by atoms with Crippen LogP contribution in [0.3, 0.4) is 0 Å². The highest BCUT2D eigenvalue weighted by molar-refractivity contribution is 5.78. The van der Waals surface area contributed by atoms with Gasteiger partial charge in [-0.05, 0) is 31.0 Å². The number of hydrogen-bond donors (Lipinski definition) is 2. The van der Waals surface area contributed by atoms with Crippen LogP contribution < -0.4 is 10.6 Å². The first-order chi connectivity index (χ1) is 8.16. The van der Waals surface area contributed by atoms with E-state index in [-0.39, 0.29) is 11.8 Å². The van der Waals surface area contributed by atoms with Crippen molar-refractivity contribution in [1.29, 1.82) is 0 Å². The summed E-state index contributed by atoms with van der Waals surface area (Å²) in [5.74, 6) is 0.791. The molecule has 2 rings (SSSR count). The Balaban J connectivity index is 1.69. The molecule has 1 atom stereocenters. The third-order valence-electron chi connectivity index (χ3n) is 3.40. The van der Waals surface area contributed by atoms with Crippen LogP contribution in [0.15, 0.2) is 12.4 Å². The van der Waals surface area contributed by atoms with E-state index in [4.69, 9.17) is 0 Å². The summed E-state index contributed by atoms with van der Waals surface area (Å²) in [5, 5.41) is 10.3. The van der Waals surface area contributed by atoms with Crippen LogP contribution in [0.1, 0.15) is 12.5 Å². The average molecular weight is 236 g/mol. The Hall–Kier alpha value is -1.36. The van der Waals surface area contributed by atoms with E-state index in [1.54, 1.807) is 4.68 Å². The summed E-state index contributed by atoms with van der Waals surface area (Å²) in [6.07, 6.45) is 4.66. The molecule has 94 valence electrons. The molecule has 0 bridgehead atoms. The number of hydrogen-bond acceptors (Lipinski definition) is 3. The number of aryl methyl sites for hydroxylation is 1. The monoisotopic (exact) mass is 236 g/mol. The van der Waals surface area contributed by atoms with Gasteiger partial charge in [0.05, 0.1) is 6.20 Å². The lowest BCUT2D eigenvalue weighted by Gasteiger charge is -2.31. The van der Waals surface area contributed by atoms with Crippen LogP contribution in [-0.2, 0) is 18.3 Å². The number of amides is 1. The summed E-state index contributed by atoms with van der Waals surface area (Å²) in [6.45, 7) is 4.63. The summed E-state index contributed by atoms with van der Waals surface area (Å²) >= 11 is 0. The minimum Gasteiger partial charge on any atom is -0.356 e. The Morgan fingerprint density at radius 2 is 2.47 bits per heavy atom. The normalized spacial score (nSPS) is 17.5. The van der Waals surface area contributed by atoms with E-state index in [9.17, 15) is 4.79 Å². The molecule has 0 spiro atoms. The van der Waals surface area contributed by atoms with E-state index in [1.165, 1.54) is 0 Å². The molecule has 1 aromatic rings. The van der Waals surface area contributed by atoms with Crippen LogP contribution >= 0.6 is 0 Å². The van der Waals surface area contributed by atoms with Gasteiger partial charge in [0, 0.05) is 25.7 Å². The van der Waals surface area contributed by atoms with Crippen LogP contribution in [0.5, 0.6) is 0 Å². The molecule has 1 unspecified atom stereocenters. The zero-order valence-electron chi connectivity index (χ0n) is 10.4. The van der Waals surface area contributed by atoms with E-state index in [2.05, 4.69) is 15.7 Å². The third-order valence-corrected chi connectivity index (χ3v) is 3.40. The van der Waals surface area contributed by atoms with Gasteiger partial charge < -0.3 is 10.6 Å². The number of rotatable bonds is 5. The van der Waals surface area contributed by atoms with Crippen molar-refractivity contribution in [2.24, 2.45) is 18.9 Å². The van der Waals surface area contributed by atoms with Crippen molar-refractivity contribution < 1.29 is 4.79 Å². The Kier molecular flexibility index (Phi) is 3.78. The van der Waals surface area contributed by atoms with Gasteiger partial charge in [-0.3, -0.25) is 9.48 Å². The molecule has 1 aliphatic heterocycles. The number of carbonyl (C=O) groups is 1. The first-order valence-corrected chi connectivity index (χ1v) is 6.13. The van der Waals surface area contributed by atoms with Crippen LogP contribution in [0.2, 0.25) is 0 Å². The molecule has 0 aromatic carbocycles. The lowest BCUT2D eigenvalue weighted by Crippen LogP contribution is -2.49.